The van der Waals surface area contributed by atoms with Crippen LogP contribution in [0.1, 0.15) is 12.2 Å². The Labute approximate surface area is 86.7 Å². The molecule has 0 bridgehead atoms. The summed E-state index contributed by atoms with van der Waals surface area (Å²) < 4.78 is 6.86. The quantitative estimate of drug-likeness (QED) is 0.747. The Balaban J connectivity index is 2.25. The molecule has 0 aliphatic carbocycles. The van der Waals surface area contributed by atoms with Gasteiger partial charge in [0.2, 0.25) is 0 Å². The van der Waals surface area contributed by atoms with Gasteiger partial charge in [0.15, 0.2) is 5.43 Å². The third-order valence-electron chi connectivity index (χ3n) is 2.25. The number of methoxy groups -OCH3 is 1. The first-order valence-corrected chi connectivity index (χ1v) is 4.86. The molecule has 2 heterocycles. The number of aromatic nitrogens is 3. The van der Waals surface area contributed by atoms with Gasteiger partial charge in [-0.3, -0.25) is 14.3 Å². The van der Waals surface area contributed by atoms with Crippen molar-refractivity contribution in [2.24, 2.45) is 0 Å². The van der Waals surface area contributed by atoms with Crippen LogP contribution in [0, 0.1) is 0 Å². The summed E-state index contributed by atoms with van der Waals surface area (Å²) in [5, 5.41) is 6.98. The van der Waals surface area contributed by atoms with Gasteiger partial charge < -0.3 is 4.74 Å². The molecule has 0 fully saturated rings. The summed E-state index contributed by atoms with van der Waals surface area (Å²) in [5.74, 6) is 0.919. The number of aromatic amines is 1. The summed E-state index contributed by atoms with van der Waals surface area (Å²) in [4.78, 5) is 11.1. The van der Waals surface area contributed by atoms with Gasteiger partial charge in [0.25, 0.3) is 0 Å². The molecule has 0 atom stereocenters. The van der Waals surface area contributed by atoms with E-state index in [1.165, 1.54) is 12.1 Å². The largest absolute Gasteiger partial charge is 0.385 e. The highest BCUT2D eigenvalue weighted by Gasteiger charge is 2.03. The molecule has 0 aliphatic rings. The number of hydrogen-bond donors (Lipinski definition) is 1. The van der Waals surface area contributed by atoms with E-state index in [9.17, 15) is 4.79 Å². The number of fused-ring (bicyclic) bond motifs is 1. The van der Waals surface area contributed by atoms with Crippen LogP contribution in [0.4, 0.5) is 0 Å². The molecular formula is C10H13N3O2. The Hall–Kier alpha value is -1.62. The minimum atomic E-state index is -0.0120. The van der Waals surface area contributed by atoms with Crippen LogP contribution >= 0.6 is 0 Å². The molecule has 0 radical (unpaired) electrons. The summed E-state index contributed by atoms with van der Waals surface area (Å²) >= 11 is 0. The molecule has 5 nitrogen and oxygen atoms in total. The van der Waals surface area contributed by atoms with Crippen molar-refractivity contribution >= 4 is 5.65 Å². The lowest BCUT2D eigenvalue weighted by atomic mass is 10.3. The molecule has 0 unspecified atom stereocenters. The van der Waals surface area contributed by atoms with Crippen LogP contribution in [-0.4, -0.2) is 28.3 Å². The molecule has 0 spiro atoms. The van der Waals surface area contributed by atoms with Crippen molar-refractivity contribution < 1.29 is 4.74 Å². The maximum absolute atomic E-state index is 11.1. The highest BCUT2D eigenvalue weighted by Crippen LogP contribution is 2.02. The number of rotatable bonds is 4. The van der Waals surface area contributed by atoms with Crippen LogP contribution in [0.5, 0.6) is 0 Å². The van der Waals surface area contributed by atoms with E-state index in [4.69, 9.17) is 4.74 Å². The average Bonchev–Trinajstić information content (AvgIpc) is 2.61. The molecule has 80 valence electrons. The molecule has 0 aliphatic heterocycles. The number of nitrogens with zero attached hydrogens (tertiary/aromatic N) is 2. The normalized spacial score (nSPS) is 11.0. The molecule has 1 N–H and O–H groups in total. The maximum Gasteiger partial charge on any atom is 0.183 e. The van der Waals surface area contributed by atoms with E-state index < -0.39 is 0 Å². The maximum atomic E-state index is 11.1. The second-order valence-corrected chi connectivity index (χ2v) is 3.35. The van der Waals surface area contributed by atoms with E-state index in [1.807, 2.05) is 4.40 Å². The van der Waals surface area contributed by atoms with E-state index in [2.05, 4.69) is 10.2 Å². The standard InChI is InChI=1S/C10H13N3O2/c1-15-6-2-3-9-11-12-10-7-8(14)4-5-13(9)10/h4-5,7,12H,2-3,6H2,1H3. The van der Waals surface area contributed by atoms with Gasteiger partial charge in [-0.15, -0.1) is 0 Å². The fourth-order valence-corrected chi connectivity index (χ4v) is 1.52. The van der Waals surface area contributed by atoms with Crippen molar-refractivity contribution in [2.75, 3.05) is 13.7 Å². The fourth-order valence-electron chi connectivity index (χ4n) is 1.52. The first-order chi connectivity index (χ1) is 7.31. The topological polar surface area (TPSA) is 59.4 Å². The van der Waals surface area contributed by atoms with E-state index in [1.54, 1.807) is 13.3 Å². The molecule has 15 heavy (non-hydrogen) atoms. The van der Waals surface area contributed by atoms with Gasteiger partial charge in [-0.05, 0) is 6.42 Å². The molecule has 5 heteroatoms. The first kappa shape index (κ1) is 9.92. The van der Waals surface area contributed by atoms with Crippen molar-refractivity contribution in [3.8, 4) is 0 Å². The molecule has 0 saturated carbocycles. The van der Waals surface area contributed by atoms with Crippen molar-refractivity contribution in [3.05, 3.63) is 34.4 Å². The Morgan fingerprint density at radius 2 is 2.47 bits per heavy atom. The van der Waals surface area contributed by atoms with Gasteiger partial charge >= 0.3 is 0 Å². The van der Waals surface area contributed by atoms with Gasteiger partial charge in [0.1, 0.15) is 11.5 Å². The number of aryl methyl sites for hydroxylation is 1. The van der Waals surface area contributed by atoms with Crippen molar-refractivity contribution in [1.29, 1.82) is 0 Å². The lowest BCUT2D eigenvalue weighted by Crippen LogP contribution is -2.02. The summed E-state index contributed by atoms with van der Waals surface area (Å²) in [6.07, 6.45) is 3.49. The number of hydrogen-bond acceptors (Lipinski definition) is 3. The average molecular weight is 207 g/mol. The lowest BCUT2D eigenvalue weighted by molar-refractivity contribution is 0.194. The number of pyridine rings is 1. The van der Waals surface area contributed by atoms with Crippen LogP contribution in [0.3, 0.4) is 0 Å². The Morgan fingerprint density at radius 1 is 1.60 bits per heavy atom. The van der Waals surface area contributed by atoms with Gasteiger partial charge in [-0.1, -0.05) is 0 Å². The van der Waals surface area contributed by atoms with Crippen molar-refractivity contribution in [1.82, 2.24) is 14.6 Å². The van der Waals surface area contributed by atoms with E-state index >= 15 is 0 Å². The minimum Gasteiger partial charge on any atom is -0.385 e. The van der Waals surface area contributed by atoms with Gasteiger partial charge in [-0.2, -0.15) is 5.10 Å². The van der Waals surface area contributed by atoms with Crippen LogP contribution in [0.15, 0.2) is 23.1 Å². The van der Waals surface area contributed by atoms with Gasteiger partial charge in [0, 0.05) is 38.5 Å². The Kier molecular flexibility index (Phi) is 2.82. The minimum absolute atomic E-state index is 0.0120. The Morgan fingerprint density at radius 3 is 3.27 bits per heavy atom. The molecule has 0 saturated heterocycles. The number of ether oxygens (including phenoxy) is 1. The molecule has 0 aromatic carbocycles. The van der Waals surface area contributed by atoms with Crippen LogP contribution in [0.2, 0.25) is 0 Å². The summed E-state index contributed by atoms with van der Waals surface area (Å²) in [6.45, 7) is 0.717. The third-order valence-corrected chi connectivity index (χ3v) is 2.25. The van der Waals surface area contributed by atoms with Crippen molar-refractivity contribution in [2.45, 2.75) is 12.8 Å². The third kappa shape index (κ3) is 2.07. The Bertz CT molecular complexity index is 501. The SMILES string of the molecule is COCCCc1n[nH]c2cc(=O)ccn12. The molecular weight excluding hydrogens is 194 g/mol. The summed E-state index contributed by atoms with van der Waals surface area (Å²) in [6, 6.07) is 3.06. The smallest absolute Gasteiger partial charge is 0.183 e. The van der Waals surface area contributed by atoms with E-state index in [-0.39, 0.29) is 5.43 Å². The zero-order chi connectivity index (χ0) is 10.7. The van der Waals surface area contributed by atoms with E-state index in [0.29, 0.717) is 6.61 Å². The zero-order valence-electron chi connectivity index (χ0n) is 8.56. The van der Waals surface area contributed by atoms with Crippen LogP contribution in [-0.2, 0) is 11.2 Å². The summed E-state index contributed by atoms with van der Waals surface area (Å²) in [7, 11) is 1.68. The summed E-state index contributed by atoms with van der Waals surface area (Å²) in [5.41, 5.74) is 0.719. The molecule has 2 aromatic rings. The number of H-pyrrole nitrogens is 1. The van der Waals surface area contributed by atoms with Gasteiger partial charge in [0.05, 0.1) is 0 Å². The van der Waals surface area contributed by atoms with Gasteiger partial charge in [-0.25, -0.2) is 0 Å². The zero-order valence-corrected chi connectivity index (χ0v) is 8.56. The van der Waals surface area contributed by atoms with E-state index in [0.717, 1.165) is 24.3 Å². The highest BCUT2D eigenvalue weighted by atomic mass is 16.5. The molecule has 2 rings (SSSR count). The first-order valence-electron chi connectivity index (χ1n) is 4.86. The van der Waals surface area contributed by atoms with Crippen LogP contribution < -0.4 is 5.43 Å². The fraction of sp³-hybridized carbons (Fsp3) is 0.400. The second kappa shape index (κ2) is 4.27. The second-order valence-electron chi connectivity index (χ2n) is 3.35. The monoisotopic (exact) mass is 207 g/mol. The lowest BCUT2D eigenvalue weighted by Gasteiger charge is -1.98. The molecule has 0 amide bonds. The van der Waals surface area contributed by atoms with Crippen LogP contribution in [0.25, 0.3) is 5.65 Å². The predicted molar refractivity (Wildman–Crippen MR) is 56.0 cm³/mol. The molecule has 2 aromatic heterocycles. The van der Waals surface area contributed by atoms with Crippen molar-refractivity contribution in [3.63, 3.8) is 0 Å². The highest BCUT2D eigenvalue weighted by molar-refractivity contribution is 5.37. The number of nitrogens with one attached hydrogen (secondary N) is 1. The predicted octanol–water partition coefficient (Wildman–Crippen LogP) is 0.602.